The highest BCUT2D eigenvalue weighted by molar-refractivity contribution is 8.14. The summed E-state index contributed by atoms with van der Waals surface area (Å²) in [6.07, 6.45) is 1.27. The molecule has 168 valence electrons. The van der Waals surface area contributed by atoms with Crippen LogP contribution in [0.1, 0.15) is 17.3 Å². The van der Waals surface area contributed by atoms with E-state index in [0.717, 1.165) is 11.8 Å². The number of ether oxygens (including phenoxy) is 2. The highest BCUT2D eigenvalue weighted by Gasteiger charge is 2.18. The summed E-state index contributed by atoms with van der Waals surface area (Å²) in [4.78, 5) is 28.9. The van der Waals surface area contributed by atoms with Crippen LogP contribution in [0, 0.1) is 0 Å². The molecule has 0 atom stereocenters. The minimum atomic E-state index is -3.94. The number of thioether (sulfide) groups is 1. The highest BCUT2D eigenvalue weighted by atomic mass is 32.2. The number of hydrogen-bond donors (Lipinski definition) is 1. The third-order valence-corrected chi connectivity index (χ3v) is 6.14. The van der Waals surface area contributed by atoms with Gasteiger partial charge in [0, 0.05) is 31.3 Å². The number of methoxy groups -OCH3 is 1. The van der Waals surface area contributed by atoms with Crippen LogP contribution in [0.4, 0.5) is 5.82 Å². The Morgan fingerprint density at radius 1 is 1.16 bits per heavy atom. The molecule has 2 aromatic rings. The summed E-state index contributed by atoms with van der Waals surface area (Å²) >= 11 is 0.904. The lowest BCUT2D eigenvalue weighted by molar-refractivity contribution is -0.109. The Labute approximate surface area is 186 Å². The topological polar surface area (TPSA) is 115 Å². The minimum absolute atomic E-state index is 0.00481. The number of aromatic nitrogens is 1. The first-order valence-corrected chi connectivity index (χ1v) is 11.7. The summed E-state index contributed by atoms with van der Waals surface area (Å²) in [6, 6.07) is 7.15. The van der Waals surface area contributed by atoms with E-state index in [0.29, 0.717) is 24.7 Å². The van der Waals surface area contributed by atoms with E-state index in [1.165, 1.54) is 50.6 Å². The zero-order valence-corrected chi connectivity index (χ0v) is 19.4. The van der Waals surface area contributed by atoms with Crippen LogP contribution in [0.5, 0.6) is 11.5 Å². The van der Waals surface area contributed by atoms with Gasteiger partial charge < -0.3 is 14.4 Å². The van der Waals surface area contributed by atoms with Gasteiger partial charge in [-0.15, -0.1) is 0 Å². The Balaban J connectivity index is 2.11. The van der Waals surface area contributed by atoms with Crippen molar-refractivity contribution < 1.29 is 27.5 Å². The number of ketones is 1. The lowest BCUT2D eigenvalue weighted by Crippen LogP contribution is -2.19. The molecule has 1 heterocycles. The molecular weight excluding hydrogens is 442 g/mol. The third-order valence-electron chi connectivity index (χ3n) is 3.97. The summed E-state index contributed by atoms with van der Waals surface area (Å²) in [5, 5.41) is -0.157. The molecule has 0 aliphatic carbocycles. The second-order valence-corrected chi connectivity index (χ2v) is 9.54. The summed E-state index contributed by atoms with van der Waals surface area (Å²) in [5.41, 5.74) is 0.289. The number of nitrogens with zero attached hydrogens (tertiary/aromatic N) is 2. The van der Waals surface area contributed by atoms with Crippen molar-refractivity contribution in [3.63, 3.8) is 0 Å². The van der Waals surface area contributed by atoms with E-state index in [1.54, 1.807) is 0 Å². The summed E-state index contributed by atoms with van der Waals surface area (Å²) in [7, 11) is 1.33. The molecule has 1 aromatic carbocycles. The van der Waals surface area contributed by atoms with Crippen LogP contribution in [-0.2, 0) is 14.8 Å². The smallest absolute Gasteiger partial charge is 0.263 e. The molecule has 9 nitrogen and oxygen atoms in total. The number of hydrogen-bond acceptors (Lipinski definition) is 9. The summed E-state index contributed by atoms with van der Waals surface area (Å²) in [5.74, 6) is 0.522. The largest absolute Gasteiger partial charge is 0.493 e. The number of benzene rings is 1. The number of pyridine rings is 1. The van der Waals surface area contributed by atoms with Gasteiger partial charge in [0.25, 0.3) is 10.0 Å². The lowest BCUT2D eigenvalue weighted by atomic mass is 10.2. The lowest BCUT2D eigenvalue weighted by Gasteiger charge is -2.15. The average molecular weight is 468 g/mol. The molecule has 0 aliphatic heterocycles. The van der Waals surface area contributed by atoms with Crippen molar-refractivity contribution in [2.24, 2.45) is 0 Å². The number of carbonyl (C=O) groups excluding carboxylic acids is 2. The molecule has 0 saturated heterocycles. The molecule has 0 aliphatic rings. The minimum Gasteiger partial charge on any atom is -0.493 e. The highest BCUT2D eigenvalue weighted by Crippen LogP contribution is 2.30. The number of rotatable bonds is 11. The quantitative estimate of drug-likeness (QED) is 0.497. The van der Waals surface area contributed by atoms with Crippen LogP contribution in [-0.4, -0.2) is 69.3 Å². The van der Waals surface area contributed by atoms with Gasteiger partial charge in [-0.05, 0) is 38.4 Å². The van der Waals surface area contributed by atoms with Gasteiger partial charge in [0.1, 0.15) is 12.4 Å². The van der Waals surface area contributed by atoms with Crippen molar-refractivity contribution in [1.82, 2.24) is 9.88 Å². The van der Waals surface area contributed by atoms with Crippen molar-refractivity contribution in [2.75, 3.05) is 44.8 Å². The van der Waals surface area contributed by atoms with E-state index >= 15 is 0 Å². The van der Waals surface area contributed by atoms with Crippen molar-refractivity contribution in [3.8, 4) is 11.5 Å². The maximum Gasteiger partial charge on any atom is 0.263 e. The molecule has 0 bridgehead atoms. The van der Waals surface area contributed by atoms with E-state index in [2.05, 4.69) is 9.71 Å². The van der Waals surface area contributed by atoms with Gasteiger partial charge in [-0.1, -0.05) is 11.8 Å². The monoisotopic (exact) mass is 467 g/mol. The first-order valence-electron chi connectivity index (χ1n) is 9.23. The van der Waals surface area contributed by atoms with Crippen LogP contribution in [0.25, 0.3) is 0 Å². The van der Waals surface area contributed by atoms with Gasteiger partial charge in [-0.25, -0.2) is 13.4 Å². The van der Waals surface area contributed by atoms with Crippen LogP contribution in [0.3, 0.4) is 0 Å². The number of carbonyl (C=O) groups is 2. The molecule has 0 fully saturated rings. The Hall–Kier alpha value is -2.63. The van der Waals surface area contributed by atoms with Crippen molar-refractivity contribution >= 4 is 38.5 Å². The zero-order valence-electron chi connectivity index (χ0n) is 17.7. The average Bonchev–Trinajstić information content (AvgIpc) is 2.72. The fraction of sp³-hybridized carbons (Fsp3) is 0.350. The van der Waals surface area contributed by atoms with Gasteiger partial charge >= 0.3 is 0 Å². The summed E-state index contributed by atoms with van der Waals surface area (Å²) < 4.78 is 38.7. The van der Waals surface area contributed by atoms with Crippen LogP contribution < -0.4 is 14.2 Å². The molecule has 0 unspecified atom stereocenters. The maximum atomic E-state index is 12.7. The molecule has 1 aromatic heterocycles. The Kier molecular flexibility index (Phi) is 8.84. The molecule has 0 radical (unpaired) electrons. The Morgan fingerprint density at radius 3 is 2.48 bits per heavy atom. The SMILES string of the molecule is COc1cc(S(=O)(=O)Nc2ccc(C(=O)CSC(C)=O)cn2)ccc1OCCN(C)C. The Bertz CT molecular complexity index is 1020. The second kappa shape index (κ2) is 11.1. The molecule has 31 heavy (non-hydrogen) atoms. The first kappa shape index (κ1) is 24.6. The number of Topliss-reactive ketones (excluding diaryl/α,β-unsaturated/α-hetero) is 1. The standard InChI is InChI=1S/C20H25N3O6S2/c1-14(24)30-13-17(25)15-5-8-20(21-12-15)22-31(26,27)16-6-7-18(19(11-16)28-4)29-10-9-23(2)3/h5-8,11-12H,9-10,13H2,1-4H3,(H,21,22). The van der Waals surface area contributed by atoms with Gasteiger partial charge in [0.05, 0.1) is 17.8 Å². The van der Waals surface area contributed by atoms with Crippen LogP contribution >= 0.6 is 11.8 Å². The third kappa shape index (κ3) is 7.53. The Morgan fingerprint density at radius 2 is 1.90 bits per heavy atom. The van der Waals surface area contributed by atoms with E-state index in [9.17, 15) is 18.0 Å². The first-order chi connectivity index (χ1) is 14.6. The fourth-order valence-corrected chi connectivity index (χ4v) is 3.86. The van der Waals surface area contributed by atoms with Gasteiger partial charge in [-0.3, -0.25) is 14.3 Å². The van der Waals surface area contributed by atoms with Gasteiger partial charge in [0.2, 0.25) is 0 Å². The molecular formula is C20H25N3O6S2. The normalized spacial score (nSPS) is 11.3. The predicted molar refractivity (Wildman–Crippen MR) is 120 cm³/mol. The van der Waals surface area contributed by atoms with Crippen molar-refractivity contribution in [3.05, 3.63) is 42.1 Å². The van der Waals surface area contributed by atoms with Crippen LogP contribution in [0.15, 0.2) is 41.4 Å². The molecule has 0 saturated carbocycles. The number of anilines is 1. The molecule has 2 rings (SSSR count). The molecule has 1 N–H and O–H groups in total. The fourth-order valence-electron chi connectivity index (χ4n) is 2.34. The van der Waals surface area contributed by atoms with Crippen molar-refractivity contribution in [1.29, 1.82) is 0 Å². The zero-order chi connectivity index (χ0) is 23.0. The molecule has 0 spiro atoms. The second-order valence-electron chi connectivity index (χ2n) is 6.71. The number of sulfonamides is 1. The molecule has 0 amide bonds. The predicted octanol–water partition coefficient (Wildman–Crippen LogP) is 2.29. The van der Waals surface area contributed by atoms with Crippen molar-refractivity contribution in [2.45, 2.75) is 11.8 Å². The number of nitrogens with one attached hydrogen (secondary N) is 1. The van der Waals surface area contributed by atoms with E-state index in [-0.39, 0.29) is 32.9 Å². The molecule has 11 heteroatoms. The maximum absolute atomic E-state index is 12.7. The number of likely N-dealkylation sites (N-methyl/N-ethyl adjacent to an activating group) is 1. The van der Waals surface area contributed by atoms with E-state index in [1.807, 2.05) is 19.0 Å². The van der Waals surface area contributed by atoms with Crippen LogP contribution in [0.2, 0.25) is 0 Å². The van der Waals surface area contributed by atoms with Gasteiger partial charge in [0.15, 0.2) is 22.4 Å². The van der Waals surface area contributed by atoms with E-state index < -0.39 is 10.0 Å². The van der Waals surface area contributed by atoms with E-state index in [4.69, 9.17) is 9.47 Å². The summed E-state index contributed by atoms with van der Waals surface area (Å²) in [6.45, 7) is 2.50. The van der Waals surface area contributed by atoms with Gasteiger partial charge in [-0.2, -0.15) is 0 Å².